The lowest BCUT2D eigenvalue weighted by Crippen LogP contribution is -2.32. The van der Waals surface area contributed by atoms with Gasteiger partial charge in [-0.05, 0) is 36.4 Å². The number of pyridine rings is 1. The van der Waals surface area contributed by atoms with Crippen molar-refractivity contribution in [3.63, 3.8) is 0 Å². The summed E-state index contributed by atoms with van der Waals surface area (Å²) in [6, 6.07) is 8.21. The molecule has 0 spiro atoms. The zero-order valence-electron chi connectivity index (χ0n) is 11.0. The standard InChI is InChI=1S/C15H18N2O2/c1-19-13-5-4-11-6-7-16-15(14(11)9-13)17-8-2-3-12(17)10-18/h4-7,9,12,18H,2-3,8,10H2,1H3. The van der Waals surface area contributed by atoms with Crippen LogP contribution < -0.4 is 9.64 Å². The average molecular weight is 258 g/mol. The molecule has 3 rings (SSSR count). The van der Waals surface area contributed by atoms with Gasteiger partial charge in [-0.3, -0.25) is 0 Å². The molecule has 0 amide bonds. The van der Waals surface area contributed by atoms with Gasteiger partial charge in [0.2, 0.25) is 0 Å². The largest absolute Gasteiger partial charge is 0.497 e. The maximum absolute atomic E-state index is 9.48. The van der Waals surface area contributed by atoms with Crippen molar-refractivity contribution in [1.29, 1.82) is 0 Å². The Morgan fingerprint density at radius 2 is 2.32 bits per heavy atom. The molecule has 1 atom stereocenters. The number of hydrogen-bond donors (Lipinski definition) is 1. The van der Waals surface area contributed by atoms with Crippen LogP contribution in [0.4, 0.5) is 5.82 Å². The van der Waals surface area contributed by atoms with Crippen LogP contribution in [0.1, 0.15) is 12.8 Å². The van der Waals surface area contributed by atoms with E-state index in [1.54, 1.807) is 7.11 Å². The van der Waals surface area contributed by atoms with E-state index in [-0.39, 0.29) is 12.6 Å². The first-order valence-corrected chi connectivity index (χ1v) is 6.63. The van der Waals surface area contributed by atoms with E-state index in [0.29, 0.717) is 0 Å². The molecule has 1 fully saturated rings. The van der Waals surface area contributed by atoms with Gasteiger partial charge in [-0.25, -0.2) is 4.98 Å². The second-order valence-corrected chi connectivity index (χ2v) is 4.89. The van der Waals surface area contributed by atoms with Crippen molar-refractivity contribution in [2.24, 2.45) is 0 Å². The monoisotopic (exact) mass is 258 g/mol. The smallest absolute Gasteiger partial charge is 0.136 e. The molecule has 1 aliphatic heterocycles. The second kappa shape index (κ2) is 5.05. The molecule has 2 aromatic rings. The fraction of sp³-hybridized carbons (Fsp3) is 0.400. The van der Waals surface area contributed by atoms with E-state index >= 15 is 0 Å². The number of ether oxygens (including phenoxy) is 1. The number of aliphatic hydroxyl groups is 1. The zero-order valence-corrected chi connectivity index (χ0v) is 11.0. The van der Waals surface area contributed by atoms with E-state index in [1.807, 2.05) is 30.5 Å². The highest BCUT2D eigenvalue weighted by Crippen LogP contribution is 2.32. The van der Waals surface area contributed by atoms with Crippen LogP contribution in [0.5, 0.6) is 5.75 Å². The van der Waals surface area contributed by atoms with Gasteiger partial charge in [-0.2, -0.15) is 0 Å². The topological polar surface area (TPSA) is 45.6 Å². The lowest BCUT2D eigenvalue weighted by Gasteiger charge is -2.25. The van der Waals surface area contributed by atoms with Crippen molar-refractivity contribution in [2.45, 2.75) is 18.9 Å². The van der Waals surface area contributed by atoms with Crippen LogP contribution in [0, 0.1) is 0 Å². The predicted molar refractivity (Wildman–Crippen MR) is 75.7 cm³/mol. The Labute approximate surface area is 112 Å². The number of aliphatic hydroxyl groups excluding tert-OH is 1. The van der Waals surface area contributed by atoms with Crippen LogP contribution in [-0.4, -0.2) is 36.4 Å². The van der Waals surface area contributed by atoms with Gasteiger partial charge in [0.05, 0.1) is 19.8 Å². The molecule has 4 heteroatoms. The molecule has 19 heavy (non-hydrogen) atoms. The second-order valence-electron chi connectivity index (χ2n) is 4.89. The van der Waals surface area contributed by atoms with Crippen molar-refractivity contribution >= 4 is 16.6 Å². The van der Waals surface area contributed by atoms with E-state index in [9.17, 15) is 5.11 Å². The van der Waals surface area contributed by atoms with Crippen molar-refractivity contribution < 1.29 is 9.84 Å². The predicted octanol–water partition coefficient (Wildman–Crippen LogP) is 2.20. The van der Waals surface area contributed by atoms with Gasteiger partial charge >= 0.3 is 0 Å². The molecular weight excluding hydrogens is 240 g/mol. The fourth-order valence-electron chi connectivity index (χ4n) is 2.79. The normalized spacial score (nSPS) is 19.1. The minimum Gasteiger partial charge on any atom is -0.497 e. The molecule has 1 unspecified atom stereocenters. The molecule has 1 aromatic carbocycles. The lowest BCUT2D eigenvalue weighted by atomic mass is 10.1. The van der Waals surface area contributed by atoms with Gasteiger partial charge in [-0.15, -0.1) is 0 Å². The average Bonchev–Trinajstić information content (AvgIpc) is 2.94. The first-order chi connectivity index (χ1) is 9.33. The number of benzene rings is 1. The first-order valence-electron chi connectivity index (χ1n) is 6.63. The molecule has 2 heterocycles. The molecule has 4 nitrogen and oxygen atoms in total. The van der Waals surface area contributed by atoms with Crippen molar-refractivity contribution in [1.82, 2.24) is 4.98 Å². The Hall–Kier alpha value is -1.81. The zero-order chi connectivity index (χ0) is 13.2. The van der Waals surface area contributed by atoms with Gasteiger partial charge in [0, 0.05) is 18.1 Å². The summed E-state index contributed by atoms with van der Waals surface area (Å²) in [5, 5.41) is 11.7. The molecule has 1 saturated heterocycles. The summed E-state index contributed by atoms with van der Waals surface area (Å²) in [5.74, 6) is 1.79. The van der Waals surface area contributed by atoms with E-state index in [0.717, 1.165) is 41.7 Å². The molecule has 0 bridgehead atoms. The highest BCUT2D eigenvalue weighted by Gasteiger charge is 2.26. The number of hydrogen-bond acceptors (Lipinski definition) is 4. The number of nitrogens with zero attached hydrogens (tertiary/aromatic N) is 2. The summed E-state index contributed by atoms with van der Waals surface area (Å²) in [7, 11) is 1.67. The Morgan fingerprint density at radius 3 is 3.11 bits per heavy atom. The molecule has 1 aromatic heterocycles. The number of rotatable bonds is 3. The molecule has 1 aliphatic rings. The SMILES string of the molecule is COc1ccc2ccnc(N3CCCC3CO)c2c1. The third-order valence-electron chi connectivity index (χ3n) is 3.81. The van der Waals surface area contributed by atoms with Gasteiger partial charge in [0.25, 0.3) is 0 Å². The molecular formula is C15H18N2O2. The minimum absolute atomic E-state index is 0.183. The minimum atomic E-state index is 0.183. The van der Waals surface area contributed by atoms with Gasteiger partial charge in [-0.1, -0.05) is 6.07 Å². The number of anilines is 1. The van der Waals surface area contributed by atoms with Crippen molar-refractivity contribution in [3.05, 3.63) is 30.5 Å². The maximum atomic E-state index is 9.48. The van der Waals surface area contributed by atoms with E-state index < -0.39 is 0 Å². The number of methoxy groups -OCH3 is 1. The highest BCUT2D eigenvalue weighted by atomic mass is 16.5. The summed E-state index contributed by atoms with van der Waals surface area (Å²) >= 11 is 0. The van der Waals surface area contributed by atoms with Gasteiger partial charge < -0.3 is 14.7 Å². The van der Waals surface area contributed by atoms with Crippen LogP contribution in [0.25, 0.3) is 10.8 Å². The summed E-state index contributed by atoms with van der Waals surface area (Å²) in [5.41, 5.74) is 0. The highest BCUT2D eigenvalue weighted by molar-refractivity contribution is 5.93. The van der Waals surface area contributed by atoms with Crippen LogP contribution in [0.3, 0.4) is 0 Å². The van der Waals surface area contributed by atoms with Crippen molar-refractivity contribution in [2.75, 3.05) is 25.2 Å². The Morgan fingerprint density at radius 1 is 1.42 bits per heavy atom. The Bertz CT molecular complexity index is 585. The van der Waals surface area contributed by atoms with E-state index in [2.05, 4.69) is 9.88 Å². The molecule has 100 valence electrons. The van der Waals surface area contributed by atoms with Crippen LogP contribution >= 0.6 is 0 Å². The summed E-state index contributed by atoms with van der Waals surface area (Å²) in [6.07, 6.45) is 3.96. The van der Waals surface area contributed by atoms with Crippen LogP contribution in [0.15, 0.2) is 30.5 Å². The summed E-state index contributed by atoms with van der Waals surface area (Å²) < 4.78 is 5.30. The molecule has 0 saturated carbocycles. The molecule has 0 radical (unpaired) electrons. The maximum Gasteiger partial charge on any atom is 0.136 e. The quantitative estimate of drug-likeness (QED) is 0.916. The molecule has 0 aliphatic carbocycles. The Kier molecular flexibility index (Phi) is 3.25. The summed E-state index contributed by atoms with van der Waals surface area (Å²) in [4.78, 5) is 6.73. The number of aromatic nitrogens is 1. The lowest BCUT2D eigenvalue weighted by molar-refractivity contribution is 0.266. The third kappa shape index (κ3) is 2.12. The number of fused-ring (bicyclic) bond motifs is 1. The van der Waals surface area contributed by atoms with E-state index in [1.165, 1.54) is 0 Å². The van der Waals surface area contributed by atoms with Gasteiger partial charge in [0.15, 0.2) is 0 Å². The summed E-state index contributed by atoms with van der Waals surface area (Å²) in [6.45, 7) is 1.14. The van der Waals surface area contributed by atoms with E-state index in [4.69, 9.17) is 4.74 Å². The first kappa shape index (κ1) is 12.2. The third-order valence-corrected chi connectivity index (χ3v) is 3.81. The fourth-order valence-corrected chi connectivity index (χ4v) is 2.79. The van der Waals surface area contributed by atoms with Crippen LogP contribution in [-0.2, 0) is 0 Å². The van der Waals surface area contributed by atoms with Crippen LogP contribution in [0.2, 0.25) is 0 Å². The molecule has 1 N–H and O–H groups in total. The van der Waals surface area contributed by atoms with Crippen molar-refractivity contribution in [3.8, 4) is 5.75 Å². The Balaban J connectivity index is 2.11. The van der Waals surface area contributed by atoms with Gasteiger partial charge in [0.1, 0.15) is 11.6 Å².